The van der Waals surface area contributed by atoms with Crippen LogP contribution < -0.4 is 5.73 Å². The van der Waals surface area contributed by atoms with Gasteiger partial charge in [0.2, 0.25) is 6.04 Å². The molecule has 1 heterocycles. The number of hydrogen-bond acceptors (Lipinski definition) is 9. The topological polar surface area (TPSA) is 139 Å². The molecule has 0 saturated heterocycles. The zero-order valence-corrected chi connectivity index (χ0v) is 21.2. The molecule has 2 N–H and O–H groups in total. The van der Waals surface area contributed by atoms with Gasteiger partial charge in [-0.3, -0.25) is 9.59 Å². The number of benzene rings is 2. The molecule has 0 spiro atoms. The van der Waals surface area contributed by atoms with Crippen LogP contribution in [0.2, 0.25) is 5.02 Å². The van der Waals surface area contributed by atoms with Gasteiger partial charge in [0, 0.05) is 5.56 Å². The van der Waals surface area contributed by atoms with Crippen molar-refractivity contribution in [2.75, 3.05) is 0 Å². The van der Waals surface area contributed by atoms with E-state index < -0.39 is 41.8 Å². The summed E-state index contributed by atoms with van der Waals surface area (Å²) in [7, 11) is 0. The number of hydrogen-bond donors (Lipinski definition) is 1. The molecule has 3 aromatic rings. The highest BCUT2D eigenvalue weighted by Gasteiger charge is 2.38. The molecular formula is C25H28ClN5O5. The molecule has 0 radical (unpaired) electrons. The maximum absolute atomic E-state index is 13.4. The number of aryl methyl sites for hydroxylation is 1. The van der Waals surface area contributed by atoms with Crippen molar-refractivity contribution in [1.29, 1.82) is 0 Å². The molecule has 190 valence electrons. The quantitative estimate of drug-likeness (QED) is 0.337. The van der Waals surface area contributed by atoms with Crippen molar-refractivity contribution < 1.29 is 23.9 Å². The minimum Gasteiger partial charge on any atom is -0.460 e. The molecule has 10 nitrogen and oxygen atoms in total. The Hall–Kier alpha value is -3.63. The van der Waals surface area contributed by atoms with Crippen molar-refractivity contribution in [1.82, 2.24) is 20.2 Å². The Morgan fingerprint density at radius 1 is 1.11 bits per heavy atom. The number of Topliss-reactive ketones (excluding diaryl/α,β-unsaturated/α-hetero) is 1. The number of aromatic nitrogens is 4. The van der Waals surface area contributed by atoms with Gasteiger partial charge in [-0.25, -0.2) is 9.48 Å². The molecule has 36 heavy (non-hydrogen) atoms. The molecule has 0 amide bonds. The summed E-state index contributed by atoms with van der Waals surface area (Å²) in [5.74, 6) is -2.35. The standard InChI is InChI=1S/C25H28ClN5O5/c1-15-10-11-18(26)17(12-15)23-28-29-30-31(23)21(24(34)35-14-16-8-6-5-7-9-16)22(33)19(27)13-20(32)36-25(2,3)4/h5-12,19,21H,13-14,27H2,1-4H3. The fraction of sp³-hybridized carbons (Fsp3) is 0.360. The van der Waals surface area contributed by atoms with E-state index in [9.17, 15) is 14.4 Å². The number of ketones is 1. The zero-order chi connectivity index (χ0) is 26.5. The summed E-state index contributed by atoms with van der Waals surface area (Å²) < 4.78 is 11.7. The third kappa shape index (κ3) is 6.96. The molecular weight excluding hydrogens is 486 g/mol. The largest absolute Gasteiger partial charge is 0.460 e. The van der Waals surface area contributed by atoms with Crippen LogP contribution >= 0.6 is 11.6 Å². The van der Waals surface area contributed by atoms with E-state index in [2.05, 4.69) is 15.5 Å². The number of tetrazole rings is 1. The lowest BCUT2D eigenvalue weighted by atomic mass is 10.0. The van der Waals surface area contributed by atoms with Crippen molar-refractivity contribution in [3.05, 3.63) is 64.7 Å². The van der Waals surface area contributed by atoms with Gasteiger partial charge in [0.15, 0.2) is 11.6 Å². The van der Waals surface area contributed by atoms with Crippen LogP contribution in [0.25, 0.3) is 11.4 Å². The summed E-state index contributed by atoms with van der Waals surface area (Å²) >= 11 is 6.36. The number of rotatable bonds is 9. The van der Waals surface area contributed by atoms with E-state index in [-0.39, 0.29) is 12.4 Å². The van der Waals surface area contributed by atoms with Gasteiger partial charge < -0.3 is 15.2 Å². The van der Waals surface area contributed by atoms with Crippen LogP contribution in [0.1, 0.15) is 44.4 Å². The molecule has 0 saturated carbocycles. The second kappa shape index (κ2) is 11.4. The molecule has 0 aliphatic carbocycles. The van der Waals surface area contributed by atoms with Crippen LogP contribution in [0.3, 0.4) is 0 Å². The van der Waals surface area contributed by atoms with Crippen LogP contribution in [0, 0.1) is 6.92 Å². The lowest BCUT2D eigenvalue weighted by Gasteiger charge is -2.22. The molecule has 0 aliphatic heterocycles. The first-order valence-electron chi connectivity index (χ1n) is 11.2. The van der Waals surface area contributed by atoms with Gasteiger partial charge in [0.25, 0.3) is 0 Å². The van der Waals surface area contributed by atoms with Gasteiger partial charge in [-0.15, -0.1) is 5.10 Å². The maximum Gasteiger partial charge on any atom is 0.339 e. The summed E-state index contributed by atoms with van der Waals surface area (Å²) in [5.41, 5.74) is 7.29. The lowest BCUT2D eigenvalue weighted by molar-refractivity contribution is -0.158. The third-order valence-electron chi connectivity index (χ3n) is 4.99. The van der Waals surface area contributed by atoms with Crippen molar-refractivity contribution in [3.63, 3.8) is 0 Å². The number of carbonyl (C=O) groups excluding carboxylic acids is 3. The number of nitrogens with zero attached hydrogens (tertiary/aromatic N) is 4. The fourth-order valence-electron chi connectivity index (χ4n) is 3.37. The molecule has 0 aliphatic rings. The minimum absolute atomic E-state index is 0.0724. The van der Waals surface area contributed by atoms with E-state index in [4.69, 9.17) is 26.8 Å². The van der Waals surface area contributed by atoms with E-state index in [0.717, 1.165) is 10.2 Å². The number of ether oxygens (including phenoxy) is 2. The van der Waals surface area contributed by atoms with Crippen LogP contribution in [0.4, 0.5) is 0 Å². The zero-order valence-electron chi connectivity index (χ0n) is 20.5. The summed E-state index contributed by atoms with van der Waals surface area (Å²) in [6.45, 7) is 6.84. The average molecular weight is 514 g/mol. The molecule has 2 unspecified atom stereocenters. The SMILES string of the molecule is Cc1ccc(Cl)c(-c2nnnn2C(C(=O)OCc2ccccc2)C(=O)C(N)CC(=O)OC(C)(C)C)c1. The molecule has 0 fully saturated rings. The van der Waals surface area contributed by atoms with E-state index in [1.54, 1.807) is 63.2 Å². The normalized spacial score (nSPS) is 13.1. The Kier molecular flexibility index (Phi) is 8.54. The molecule has 1 aromatic heterocycles. The summed E-state index contributed by atoms with van der Waals surface area (Å²) in [4.78, 5) is 39.0. The maximum atomic E-state index is 13.4. The Labute approximate surface area is 213 Å². The molecule has 3 rings (SSSR count). The Balaban J connectivity index is 1.94. The van der Waals surface area contributed by atoms with Crippen LogP contribution in [0.5, 0.6) is 0 Å². The van der Waals surface area contributed by atoms with Crippen molar-refractivity contribution in [2.45, 2.75) is 58.4 Å². The third-order valence-corrected chi connectivity index (χ3v) is 5.32. The summed E-state index contributed by atoms with van der Waals surface area (Å²) in [5, 5.41) is 11.8. The van der Waals surface area contributed by atoms with Gasteiger partial charge in [-0.05, 0) is 55.8 Å². The second-order valence-corrected chi connectivity index (χ2v) is 9.63. The molecule has 2 aromatic carbocycles. The van der Waals surface area contributed by atoms with Crippen LogP contribution in [0.15, 0.2) is 48.5 Å². The smallest absolute Gasteiger partial charge is 0.339 e. The summed E-state index contributed by atoms with van der Waals surface area (Å²) in [6.07, 6.45) is -0.443. The van der Waals surface area contributed by atoms with Crippen molar-refractivity contribution >= 4 is 29.3 Å². The van der Waals surface area contributed by atoms with Crippen molar-refractivity contribution in [2.24, 2.45) is 5.73 Å². The predicted octanol–water partition coefficient (Wildman–Crippen LogP) is 3.21. The van der Waals surface area contributed by atoms with Gasteiger partial charge >= 0.3 is 11.9 Å². The molecule has 11 heteroatoms. The first-order valence-corrected chi connectivity index (χ1v) is 11.6. The summed E-state index contributed by atoms with van der Waals surface area (Å²) in [6, 6.07) is 11.1. The van der Waals surface area contributed by atoms with E-state index in [1.807, 2.05) is 13.0 Å². The number of nitrogens with two attached hydrogens (primary N) is 1. The van der Waals surface area contributed by atoms with Gasteiger partial charge in [-0.1, -0.05) is 53.6 Å². The number of halogens is 1. The monoisotopic (exact) mass is 513 g/mol. The minimum atomic E-state index is -1.66. The van der Waals surface area contributed by atoms with Gasteiger partial charge in [0.05, 0.1) is 17.5 Å². The van der Waals surface area contributed by atoms with Gasteiger partial charge in [0.1, 0.15) is 12.2 Å². The molecule has 0 bridgehead atoms. The highest BCUT2D eigenvalue weighted by atomic mass is 35.5. The fourth-order valence-corrected chi connectivity index (χ4v) is 3.57. The lowest BCUT2D eigenvalue weighted by Crippen LogP contribution is -2.43. The predicted molar refractivity (Wildman–Crippen MR) is 132 cm³/mol. The number of esters is 2. The van der Waals surface area contributed by atoms with E-state index >= 15 is 0 Å². The van der Waals surface area contributed by atoms with Crippen LogP contribution in [-0.2, 0) is 30.5 Å². The molecule has 2 atom stereocenters. The first kappa shape index (κ1) is 27.0. The first-order chi connectivity index (χ1) is 17.0. The average Bonchev–Trinajstić information content (AvgIpc) is 3.27. The Morgan fingerprint density at radius 2 is 1.81 bits per heavy atom. The van der Waals surface area contributed by atoms with E-state index in [0.29, 0.717) is 16.1 Å². The highest BCUT2D eigenvalue weighted by molar-refractivity contribution is 6.33. The van der Waals surface area contributed by atoms with Crippen molar-refractivity contribution in [3.8, 4) is 11.4 Å². The van der Waals surface area contributed by atoms with E-state index in [1.165, 1.54) is 0 Å². The second-order valence-electron chi connectivity index (χ2n) is 9.23. The number of carbonyl (C=O) groups is 3. The van der Waals surface area contributed by atoms with Gasteiger partial charge in [-0.2, -0.15) is 0 Å². The van der Waals surface area contributed by atoms with Crippen LogP contribution in [-0.4, -0.2) is 49.6 Å². The Morgan fingerprint density at radius 3 is 2.47 bits per heavy atom. The highest BCUT2D eigenvalue weighted by Crippen LogP contribution is 2.29. The Bertz CT molecular complexity index is 1240.